The average molecular weight is 354 g/mol. The SMILES string of the molecule is COc1cc(/C=C2/NC(=S)N(c3cc(C)cc(C)c3)C2=O)ccc1O. The van der Waals surface area contributed by atoms with Crippen LogP contribution in [-0.2, 0) is 4.79 Å². The molecule has 3 rings (SSSR count). The summed E-state index contributed by atoms with van der Waals surface area (Å²) >= 11 is 5.34. The van der Waals surface area contributed by atoms with E-state index in [0.717, 1.165) is 22.4 Å². The first-order chi connectivity index (χ1) is 11.9. The largest absolute Gasteiger partial charge is 0.504 e. The summed E-state index contributed by atoms with van der Waals surface area (Å²) < 4.78 is 5.09. The summed E-state index contributed by atoms with van der Waals surface area (Å²) in [6, 6.07) is 10.8. The first-order valence-corrected chi connectivity index (χ1v) is 8.12. The van der Waals surface area contributed by atoms with Gasteiger partial charge in [0, 0.05) is 0 Å². The average Bonchev–Trinajstić information content (AvgIpc) is 2.82. The fourth-order valence-electron chi connectivity index (χ4n) is 2.80. The van der Waals surface area contributed by atoms with E-state index in [0.29, 0.717) is 16.6 Å². The number of benzene rings is 2. The Morgan fingerprint density at radius 2 is 1.84 bits per heavy atom. The van der Waals surface area contributed by atoms with E-state index in [1.165, 1.54) is 18.1 Å². The lowest BCUT2D eigenvalue weighted by atomic mass is 10.1. The zero-order chi connectivity index (χ0) is 18.1. The molecule has 0 spiro atoms. The molecule has 128 valence electrons. The van der Waals surface area contributed by atoms with E-state index in [4.69, 9.17) is 17.0 Å². The molecule has 1 fully saturated rings. The number of thiocarbonyl (C=S) groups is 1. The van der Waals surface area contributed by atoms with Crippen LogP contribution in [0.2, 0.25) is 0 Å². The Bertz CT molecular complexity index is 885. The zero-order valence-corrected chi connectivity index (χ0v) is 15.0. The van der Waals surface area contributed by atoms with Crippen molar-refractivity contribution >= 4 is 35.0 Å². The highest BCUT2D eigenvalue weighted by molar-refractivity contribution is 7.80. The summed E-state index contributed by atoms with van der Waals surface area (Å²) in [6.07, 6.45) is 1.68. The number of carbonyl (C=O) groups is 1. The van der Waals surface area contributed by atoms with Crippen LogP contribution in [-0.4, -0.2) is 23.2 Å². The van der Waals surface area contributed by atoms with Crippen LogP contribution in [0, 0.1) is 13.8 Å². The monoisotopic (exact) mass is 354 g/mol. The molecule has 0 saturated carbocycles. The number of amides is 1. The van der Waals surface area contributed by atoms with Crippen LogP contribution in [0.1, 0.15) is 16.7 Å². The summed E-state index contributed by atoms with van der Waals surface area (Å²) in [5.41, 5.74) is 3.96. The highest BCUT2D eigenvalue weighted by atomic mass is 32.1. The number of methoxy groups -OCH3 is 1. The van der Waals surface area contributed by atoms with Crippen molar-refractivity contribution in [2.75, 3.05) is 12.0 Å². The summed E-state index contributed by atoms with van der Waals surface area (Å²) in [7, 11) is 1.47. The first-order valence-electron chi connectivity index (χ1n) is 7.71. The molecule has 0 radical (unpaired) electrons. The molecule has 2 aromatic carbocycles. The fourth-order valence-corrected chi connectivity index (χ4v) is 3.10. The minimum atomic E-state index is -0.220. The molecule has 5 nitrogen and oxygen atoms in total. The van der Waals surface area contributed by atoms with Crippen molar-refractivity contribution in [2.24, 2.45) is 0 Å². The standard InChI is InChI=1S/C19H18N2O3S/c1-11-6-12(2)8-14(7-11)21-18(23)15(20-19(21)25)9-13-4-5-16(22)17(10-13)24-3/h4-10,22H,1-3H3,(H,20,25)/b15-9+. The highest BCUT2D eigenvalue weighted by Crippen LogP contribution is 2.29. The Balaban J connectivity index is 1.96. The molecular weight excluding hydrogens is 336 g/mol. The van der Waals surface area contributed by atoms with Crippen LogP contribution < -0.4 is 15.0 Å². The number of nitrogens with one attached hydrogen (secondary N) is 1. The molecule has 6 heteroatoms. The normalized spacial score (nSPS) is 15.6. The first kappa shape index (κ1) is 17.0. The Kier molecular flexibility index (Phi) is 4.46. The highest BCUT2D eigenvalue weighted by Gasteiger charge is 2.32. The van der Waals surface area contributed by atoms with Crippen LogP contribution >= 0.6 is 12.2 Å². The third-order valence-corrected chi connectivity index (χ3v) is 4.14. The van der Waals surface area contributed by atoms with Crippen LogP contribution in [0.15, 0.2) is 42.1 Å². The second-order valence-corrected chi connectivity index (χ2v) is 6.29. The predicted octanol–water partition coefficient (Wildman–Crippen LogP) is 3.28. The Morgan fingerprint density at radius 3 is 2.48 bits per heavy atom. The van der Waals surface area contributed by atoms with Crippen molar-refractivity contribution in [2.45, 2.75) is 13.8 Å². The number of ether oxygens (including phenoxy) is 1. The van der Waals surface area contributed by atoms with E-state index in [-0.39, 0.29) is 11.7 Å². The van der Waals surface area contributed by atoms with Gasteiger partial charge in [0.2, 0.25) is 0 Å². The van der Waals surface area contributed by atoms with E-state index < -0.39 is 0 Å². The predicted molar refractivity (Wildman–Crippen MR) is 102 cm³/mol. The number of aryl methyl sites for hydroxylation is 2. The summed E-state index contributed by atoms with van der Waals surface area (Å²) in [6.45, 7) is 3.96. The number of hydrogen-bond donors (Lipinski definition) is 2. The molecule has 1 aliphatic heterocycles. The van der Waals surface area contributed by atoms with Gasteiger partial charge in [-0.1, -0.05) is 12.1 Å². The van der Waals surface area contributed by atoms with E-state index in [2.05, 4.69) is 5.32 Å². The number of phenols is 1. The summed E-state index contributed by atoms with van der Waals surface area (Å²) in [5.74, 6) is 0.165. The maximum Gasteiger partial charge on any atom is 0.281 e. The van der Waals surface area contributed by atoms with Crippen molar-refractivity contribution in [3.8, 4) is 11.5 Å². The van der Waals surface area contributed by atoms with Crippen LogP contribution in [0.4, 0.5) is 5.69 Å². The second kappa shape index (κ2) is 6.57. The van der Waals surface area contributed by atoms with Gasteiger partial charge in [-0.25, -0.2) is 0 Å². The summed E-state index contributed by atoms with van der Waals surface area (Å²) in [4.78, 5) is 14.3. The topological polar surface area (TPSA) is 61.8 Å². The van der Waals surface area contributed by atoms with E-state index in [1.807, 2.05) is 32.0 Å². The molecule has 0 aliphatic carbocycles. The van der Waals surface area contributed by atoms with E-state index in [1.54, 1.807) is 18.2 Å². The third-order valence-electron chi connectivity index (χ3n) is 3.86. The zero-order valence-electron chi connectivity index (χ0n) is 14.2. The lowest BCUT2D eigenvalue weighted by molar-refractivity contribution is -0.113. The van der Waals surface area contributed by atoms with Crippen molar-refractivity contribution in [3.05, 3.63) is 58.8 Å². The molecule has 1 heterocycles. The number of anilines is 1. The molecule has 1 saturated heterocycles. The number of carbonyl (C=O) groups excluding carboxylic acids is 1. The van der Waals surface area contributed by atoms with Crippen LogP contribution in [0.5, 0.6) is 11.5 Å². The number of hydrogen-bond acceptors (Lipinski definition) is 4. The number of nitrogens with zero attached hydrogens (tertiary/aromatic N) is 1. The van der Waals surface area contributed by atoms with Gasteiger partial charge in [0.1, 0.15) is 5.70 Å². The van der Waals surface area contributed by atoms with E-state index >= 15 is 0 Å². The van der Waals surface area contributed by atoms with Gasteiger partial charge in [0.15, 0.2) is 16.6 Å². The lowest BCUT2D eigenvalue weighted by Gasteiger charge is -2.15. The van der Waals surface area contributed by atoms with Gasteiger partial charge in [0.05, 0.1) is 12.8 Å². The molecular formula is C19H18N2O3S. The van der Waals surface area contributed by atoms with Gasteiger partial charge in [-0.05, 0) is 73.1 Å². The van der Waals surface area contributed by atoms with Crippen molar-refractivity contribution < 1.29 is 14.6 Å². The Labute approximate surface area is 151 Å². The molecule has 1 amide bonds. The molecule has 2 N–H and O–H groups in total. The van der Waals surface area contributed by atoms with Gasteiger partial charge >= 0.3 is 0 Å². The number of aromatic hydroxyl groups is 1. The molecule has 0 atom stereocenters. The number of rotatable bonds is 3. The maximum absolute atomic E-state index is 12.8. The van der Waals surface area contributed by atoms with Gasteiger partial charge in [-0.3, -0.25) is 9.69 Å². The Hall–Kier alpha value is -2.86. The fraction of sp³-hybridized carbons (Fsp3) is 0.158. The van der Waals surface area contributed by atoms with Gasteiger partial charge in [-0.15, -0.1) is 0 Å². The molecule has 25 heavy (non-hydrogen) atoms. The second-order valence-electron chi connectivity index (χ2n) is 5.91. The van der Waals surface area contributed by atoms with Gasteiger partial charge in [-0.2, -0.15) is 0 Å². The van der Waals surface area contributed by atoms with Crippen LogP contribution in [0.25, 0.3) is 6.08 Å². The molecule has 2 aromatic rings. The maximum atomic E-state index is 12.8. The minimum Gasteiger partial charge on any atom is -0.504 e. The minimum absolute atomic E-state index is 0.0442. The molecule has 0 aromatic heterocycles. The third kappa shape index (κ3) is 3.34. The van der Waals surface area contributed by atoms with Gasteiger partial charge in [0.25, 0.3) is 5.91 Å². The summed E-state index contributed by atoms with van der Waals surface area (Å²) in [5, 5.41) is 13.0. The smallest absolute Gasteiger partial charge is 0.281 e. The van der Waals surface area contributed by atoms with Crippen molar-refractivity contribution in [1.82, 2.24) is 5.32 Å². The van der Waals surface area contributed by atoms with Crippen LogP contribution in [0.3, 0.4) is 0 Å². The lowest BCUT2D eigenvalue weighted by Crippen LogP contribution is -2.30. The van der Waals surface area contributed by atoms with Gasteiger partial charge < -0.3 is 15.2 Å². The van der Waals surface area contributed by atoms with Crippen molar-refractivity contribution in [3.63, 3.8) is 0 Å². The molecule has 0 unspecified atom stereocenters. The van der Waals surface area contributed by atoms with E-state index in [9.17, 15) is 9.90 Å². The number of phenolic OH excluding ortho intramolecular Hbond substituents is 1. The quantitative estimate of drug-likeness (QED) is 0.654. The molecule has 1 aliphatic rings. The van der Waals surface area contributed by atoms with Crippen molar-refractivity contribution in [1.29, 1.82) is 0 Å². The molecule has 0 bridgehead atoms. The Morgan fingerprint density at radius 1 is 1.16 bits per heavy atom.